The predicted molar refractivity (Wildman–Crippen MR) is 79.8 cm³/mol. The second-order valence-corrected chi connectivity index (χ2v) is 6.16. The van der Waals surface area contributed by atoms with E-state index >= 15 is 0 Å². The molecule has 1 rings (SSSR count). The van der Waals surface area contributed by atoms with Crippen molar-refractivity contribution in [3.63, 3.8) is 0 Å². The summed E-state index contributed by atoms with van der Waals surface area (Å²) in [6.07, 6.45) is 0. The van der Waals surface area contributed by atoms with Crippen LogP contribution in [0, 0.1) is 0 Å². The smallest absolute Gasteiger partial charge is 0.0208 e. The van der Waals surface area contributed by atoms with Crippen LogP contribution in [0.2, 0.25) is 0 Å². The van der Waals surface area contributed by atoms with Gasteiger partial charge in [-0.3, -0.25) is 0 Å². The monoisotopic (exact) mass is 251 g/mol. The second kappa shape index (κ2) is 7.78. The lowest BCUT2D eigenvalue weighted by Crippen LogP contribution is -2.27. The van der Waals surface area contributed by atoms with Crippen LogP contribution in [0.3, 0.4) is 0 Å². The molecule has 0 saturated carbocycles. The van der Waals surface area contributed by atoms with Gasteiger partial charge in [-0.05, 0) is 29.7 Å². The molecular weight excluding hydrogens is 226 g/mol. The largest absolute Gasteiger partial charge is 0.309 e. The summed E-state index contributed by atoms with van der Waals surface area (Å²) >= 11 is 2.00. The molecule has 1 aromatic rings. The minimum Gasteiger partial charge on any atom is -0.309 e. The van der Waals surface area contributed by atoms with E-state index in [1.165, 1.54) is 22.6 Å². The van der Waals surface area contributed by atoms with Crippen LogP contribution in [0.25, 0.3) is 0 Å². The highest BCUT2D eigenvalue weighted by Gasteiger charge is 2.02. The van der Waals surface area contributed by atoms with Crippen molar-refractivity contribution < 1.29 is 0 Å². The van der Waals surface area contributed by atoms with E-state index in [0.717, 1.165) is 6.54 Å². The van der Waals surface area contributed by atoms with E-state index in [2.05, 4.69) is 57.3 Å². The van der Waals surface area contributed by atoms with Crippen molar-refractivity contribution in [1.82, 2.24) is 5.32 Å². The van der Waals surface area contributed by atoms with E-state index in [-0.39, 0.29) is 0 Å². The third kappa shape index (κ3) is 5.60. The van der Waals surface area contributed by atoms with Gasteiger partial charge < -0.3 is 5.32 Å². The van der Waals surface area contributed by atoms with Gasteiger partial charge in [-0.2, -0.15) is 11.8 Å². The van der Waals surface area contributed by atoms with Crippen LogP contribution in [0.1, 0.15) is 44.7 Å². The first kappa shape index (κ1) is 14.6. The molecule has 1 atom stereocenters. The summed E-state index contributed by atoms with van der Waals surface area (Å²) < 4.78 is 0. The van der Waals surface area contributed by atoms with Crippen LogP contribution in [-0.4, -0.2) is 17.5 Å². The molecule has 0 spiro atoms. The van der Waals surface area contributed by atoms with Gasteiger partial charge in [-0.25, -0.2) is 0 Å². The van der Waals surface area contributed by atoms with Crippen LogP contribution in [0.5, 0.6) is 0 Å². The predicted octanol–water partition coefficient (Wildman–Crippen LogP) is 4.04. The van der Waals surface area contributed by atoms with Gasteiger partial charge in [-0.15, -0.1) is 0 Å². The molecule has 96 valence electrons. The molecule has 1 nitrogen and oxygen atoms in total. The molecule has 0 aliphatic heterocycles. The fourth-order valence-electron chi connectivity index (χ4n) is 1.67. The molecule has 17 heavy (non-hydrogen) atoms. The Bertz CT molecular complexity index is 305. The Morgan fingerprint density at radius 2 is 1.76 bits per heavy atom. The summed E-state index contributed by atoms with van der Waals surface area (Å²) in [5.74, 6) is 3.02. The van der Waals surface area contributed by atoms with Crippen LogP contribution in [-0.2, 0) is 6.54 Å². The minimum atomic E-state index is 0.588. The maximum Gasteiger partial charge on any atom is 0.0208 e. The zero-order chi connectivity index (χ0) is 12.7. The molecule has 0 aromatic heterocycles. The van der Waals surface area contributed by atoms with Crippen molar-refractivity contribution in [2.75, 3.05) is 11.5 Å². The maximum atomic E-state index is 3.56. The molecule has 2 heteroatoms. The van der Waals surface area contributed by atoms with Crippen LogP contribution in [0.15, 0.2) is 24.3 Å². The Labute approximate surface area is 110 Å². The van der Waals surface area contributed by atoms with E-state index in [9.17, 15) is 0 Å². The number of hydrogen-bond acceptors (Lipinski definition) is 2. The Morgan fingerprint density at radius 3 is 2.29 bits per heavy atom. The Kier molecular flexibility index (Phi) is 6.68. The normalized spacial score (nSPS) is 13.0. The maximum absolute atomic E-state index is 3.56. The van der Waals surface area contributed by atoms with Gasteiger partial charge >= 0.3 is 0 Å². The van der Waals surface area contributed by atoms with E-state index in [4.69, 9.17) is 0 Å². The Hall–Kier alpha value is -0.470. The lowest BCUT2D eigenvalue weighted by atomic mass is 10.0. The van der Waals surface area contributed by atoms with Gasteiger partial charge in [0.2, 0.25) is 0 Å². The number of rotatable bonds is 7. The first-order valence-electron chi connectivity index (χ1n) is 6.53. The van der Waals surface area contributed by atoms with Gasteiger partial charge in [0.15, 0.2) is 0 Å². The van der Waals surface area contributed by atoms with Gasteiger partial charge in [0, 0.05) is 18.3 Å². The zero-order valence-corrected chi connectivity index (χ0v) is 12.3. The van der Waals surface area contributed by atoms with Gasteiger partial charge in [0.05, 0.1) is 0 Å². The van der Waals surface area contributed by atoms with Gasteiger partial charge in [0.1, 0.15) is 0 Å². The van der Waals surface area contributed by atoms with E-state index in [0.29, 0.717) is 12.0 Å². The number of benzene rings is 1. The molecule has 1 N–H and O–H groups in total. The third-order valence-corrected chi connectivity index (χ3v) is 4.02. The van der Waals surface area contributed by atoms with Crippen molar-refractivity contribution in [3.05, 3.63) is 35.4 Å². The Balaban J connectivity index is 2.36. The van der Waals surface area contributed by atoms with Crippen LogP contribution in [0.4, 0.5) is 0 Å². The standard InChI is InChI=1S/C15H25NS/c1-5-17-11-13(4)16-10-14-6-8-15(9-7-14)12(2)3/h6-9,12-13,16H,5,10-11H2,1-4H3. The van der Waals surface area contributed by atoms with Gasteiger partial charge in [0.25, 0.3) is 0 Å². The highest BCUT2D eigenvalue weighted by Crippen LogP contribution is 2.14. The average Bonchev–Trinajstić information content (AvgIpc) is 2.34. The second-order valence-electron chi connectivity index (χ2n) is 4.84. The quantitative estimate of drug-likeness (QED) is 0.785. The first-order valence-corrected chi connectivity index (χ1v) is 7.69. The highest BCUT2D eigenvalue weighted by molar-refractivity contribution is 7.99. The number of thioether (sulfide) groups is 1. The summed E-state index contributed by atoms with van der Waals surface area (Å²) in [5, 5.41) is 3.56. The lowest BCUT2D eigenvalue weighted by Gasteiger charge is -2.13. The van der Waals surface area contributed by atoms with E-state index in [1.807, 2.05) is 11.8 Å². The van der Waals surface area contributed by atoms with E-state index < -0.39 is 0 Å². The number of nitrogens with one attached hydrogen (secondary N) is 1. The fourth-order valence-corrected chi connectivity index (χ4v) is 2.37. The van der Waals surface area contributed by atoms with E-state index in [1.54, 1.807) is 0 Å². The summed E-state index contributed by atoms with van der Waals surface area (Å²) in [4.78, 5) is 0. The average molecular weight is 251 g/mol. The lowest BCUT2D eigenvalue weighted by molar-refractivity contribution is 0.596. The molecule has 1 unspecified atom stereocenters. The van der Waals surface area contributed by atoms with Crippen molar-refractivity contribution >= 4 is 11.8 Å². The minimum absolute atomic E-state index is 0.588. The van der Waals surface area contributed by atoms with Crippen molar-refractivity contribution in [2.24, 2.45) is 0 Å². The Morgan fingerprint density at radius 1 is 1.12 bits per heavy atom. The molecule has 0 bridgehead atoms. The highest BCUT2D eigenvalue weighted by atomic mass is 32.2. The fraction of sp³-hybridized carbons (Fsp3) is 0.600. The summed E-state index contributed by atoms with van der Waals surface area (Å²) in [7, 11) is 0. The van der Waals surface area contributed by atoms with Crippen LogP contribution < -0.4 is 5.32 Å². The molecule has 0 radical (unpaired) electrons. The molecule has 0 aliphatic rings. The van der Waals surface area contributed by atoms with Crippen molar-refractivity contribution in [1.29, 1.82) is 0 Å². The topological polar surface area (TPSA) is 12.0 Å². The summed E-state index contributed by atoms with van der Waals surface area (Å²) in [6.45, 7) is 9.91. The number of hydrogen-bond donors (Lipinski definition) is 1. The molecule has 0 heterocycles. The molecule has 0 amide bonds. The summed E-state index contributed by atoms with van der Waals surface area (Å²) in [6, 6.07) is 9.55. The molecule has 0 aliphatic carbocycles. The SMILES string of the molecule is CCSCC(C)NCc1ccc(C(C)C)cc1. The zero-order valence-electron chi connectivity index (χ0n) is 11.5. The summed E-state index contributed by atoms with van der Waals surface area (Å²) in [5.41, 5.74) is 2.80. The molecule has 0 fully saturated rings. The van der Waals surface area contributed by atoms with Crippen molar-refractivity contribution in [2.45, 2.75) is 46.2 Å². The molecule has 0 saturated heterocycles. The van der Waals surface area contributed by atoms with Gasteiger partial charge in [-0.1, -0.05) is 45.0 Å². The molecular formula is C15H25NS. The van der Waals surface area contributed by atoms with Crippen LogP contribution >= 0.6 is 11.8 Å². The third-order valence-electron chi connectivity index (χ3n) is 2.87. The molecule has 1 aromatic carbocycles. The van der Waals surface area contributed by atoms with Crippen molar-refractivity contribution in [3.8, 4) is 0 Å². The first-order chi connectivity index (χ1) is 8.13.